The van der Waals surface area contributed by atoms with Crippen molar-refractivity contribution >= 4 is 52.1 Å². The predicted molar refractivity (Wildman–Crippen MR) is 177 cm³/mol. The number of allylic oxidation sites excluding steroid dienone is 1. The van der Waals surface area contributed by atoms with Crippen molar-refractivity contribution in [1.82, 2.24) is 0 Å². The van der Waals surface area contributed by atoms with Gasteiger partial charge in [-0.2, -0.15) is 0 Å². The lowest BCUT2D eigenvalue weighted by Gasteiger charge is -2.35. The van der Waals surface area contributed by atoms with Crippen molar-refractivity contribution in [3.8, 4) is 17.2 Å². The zero-order valence-electron chi connectivity index (χ0n) is 25.2. The Balaban J connectivity index is 1.57. The molecule has 2 aliphatic rings. The first-order chi connectivity index (χ1) is 22.2. The molecule has 4 aromatic rings. The van der Waals surface area contributed by atoms with Crippen LogP contribution < -0.4 is 29.7 Å². The molecule has 0 aromatic heterocycles. The van der Waals surface area contributed by atoms with Crippen molar-refractivity contribution in [2.45, 2.75) is 24.8 Å². The van der Waals surface area contributed by atoms with E-state index in [0.717, 1.165) is 5.56 Å². The fraction of sp³-hybridized carbons (Fsp3) is 0.200. The second kappa shape index (κ2) is 12.9. The molecule has 1 aliphatic carbocycles. The van der Waals surface area contributed by atoms with Gasteiger partial charge in [0.15, 0.2) is 17.3 Å². The SMILES string of the molecule is COc1cc([C@@H]2C3=C(C[C@H](c4cccc(F)c4)CC3=O)Nc3ccccc3N2C(=O)Nc2ccc(Cl)c(Cl)c2)cc(OC)c1OC. The Morgan fingerprint density at radius 1 is 0.870 bits per heavy atom. The third kappa shape index (κ3) is 5.84. The summed E-state index contributed by atoms with van der Waals surface area (Å²) in [5, 5.41) is 7.02. The maximum Gasteiger partial charge on any atom is 0.327 e. The van der Waals surface area contributed by atoms with E-state index in [1.165, 1.54) is 38.4 Å². The number of hydrogen-bond donors (Lipinski definition) is 2. The minimum Gasteiger partial charge on any atom is -0.493 e. The van der Waals surface area contributed by atoms with Crippen LogP contribution >= 0.6 is 23.2 Å². The Kier molecular flexibility index (Phi) is 8.80. The molecule has 8 nitrogen and oxygen atoms in total. The van der Waals surface area contributed by atoms with Crippen molar-refractivity contribution in [3.63, 3.8) is 0 Å². The molecule has 6 rings (SSSR count). The number of amides is 2. The molecule has 0 radical (unpaired) electrons. The summed E-state index contributed by atoms with van der Waals surface area (Å²) < 4.78 is 31.2. The zero-order chi connectivity index (χ0) is 32.5. The fourth-order valence-electron chi connectivity index (χ4n) is 6.14. The quantitative estimate of drug-likeness (QED) is 0.215. The molecule has 0 spiro atoms. The summed E-state index contributed by atoms with van der Waals surface area (Å²) >= 11 is 12.4. The van der Waals surface area contributed by atoms with Gasteiger partial charge in [-0.1, -0.05) is 47.5 Å². The molecule has 2 amide bonds. The highest BCUT2D eigenvalue weighted by molar-refractivity contribution is 6.42. The lowest BCUT2D eigenvalue weighted by Crippen LogP contribution is -2.41. The van der Waals surface area contributed by atoms with Gasteiger partial charge in [0.2, 0.25) is 5.75 Å². The van der Waals surface area contributed by atoms with Gasteiger partial charge in [0, 0.05) is 23.4 Å². The van der Waals surface area contributed by atoms with Crippen molar-refractivity contribution in [2.75, 3.05) is 36.9 Å². The van der Waals surface area contributed by atoms with E-state index in [1.54, 1.807) is 42.5 Å². The maximum absolute atomic E-state index is 14.4. The summed E-state index contributed by atoms with van der Waals surface area (Å²) in [7, 11) is 4.50. The van der Waals surface area contributed by atoms with E-state index in [1.807, 2.05) is 24.3 Å². The number of fused-ring (bicyclic) bond motifs is 1. The Morgan fingerprint density at radius 3 is 2.28 bits per heavy atom. The average Bonchev–Trinajstić information content (AvgIpc) is 3.20. The number of nitrogens with zero attached hydrogens (tertiary/aromatic N) is 1. The van der Waals surface area contributed by atoms with Crippen LogP contribution in [0.3, 0.4) is 0 Å². The number of rotatable bonds is 6. The number of nitrogens with one attached hydrogen (secondary N) is 2. The van der Waals surface area contributed by atoms with Crippen molar-refractivity contribution in [1.29, 1.82) is 0 Å². The van der Waals surface area contributed by atoms with E-state index in [9.17, 15) is 14.0 Å². The predicted octanol–water partition coefficient (Wildman–Crippen LogP) is 8.76. The molecule has 236 valence electrons. The summed E-state index contributed by atoms with van der Waals surface area (Å²) in [5.74, 6) is 0.235. The van der Waals surface area contributed by atoms with E-state index in [4.69, 9.17) is 37.4 Å². The second-order valence-electron chi connectivity index (χ2n) is 10.9. The van der Waals surface area contributed by atoms with Gasteiger partial charge in [0.25, 0.3) is 0 Å². The van der Waals surface area contributed by atoms with Gasteiger partial charge in [0.1, 0.15) is 5.82 Å². The minimum absolute atomic E-state index is 0.115. The summed E-state index contributed by atoms with van der Waals surface area (Å²) in [6.45, 7) is 0. The maximum atomic E-state index is 14.4. The van der Waals surface area contributed by atoms with Gasteiger partial charge in [-0.15, -0.1) is 0 Å². The number of ketones is 1. The van der Waals surface area contributed by atoms with Gasteiger partial charge in [-0.25, -0.2) is 9.18 Å². The third-order valence-electron chi connectivity index (χ3n) is 8.20. The number of benzene rings is 4. The topological polar surface area (TPSA) is 89.1 Å². The first-order valence-electron chi connectivity index (χ1n) is 14.4. The van der Waals surface area contributed by atoms with Crippen molar-refractivity contribution < 1.29 is 28.2 Å². The molecule has 1 aliphatic heterocycles. The number of para-hydroxylation sites is 2. The highest BCUT2D eigenvalue weighted by Gasteiger charge is 2.42. The number of Topliss-reactive ketones (excluding diaryl/α,β-unsaturated/α-hetero) is 1. The molecule has 11 heteroatoms. The second-order valence-corrected chi connectivity index (χ2v) is 11.7. The van der Waals surface area contributed by atoms with E-state index < -0.39 is 12.1 Å². The molecule has 0 unspecified atom stereocenters. The molecule has 1 heterocycles. The van der Waals surface area contributed by atoms with Crippen molar-refractivity contribution in [2.24, 2.45) is 0 Å². The normalized spacial score (nSPS) is 17.3. The molecule has 0 fully saturated rings. The lowest BCUT2D eigenvalue weighted by atomic mass is 9.78. The molecule has 4 aromatic carbocycles. The standard InChI is InChI=1S/C35H30Cl2FN3O5/c1-44-30-16-21(17-31(45-2)34(30)46-3)33-32-27(14-20(15-29(32)42)19-7-6-8-22(38)13-19)40-26-9-4-5-10-28(26)41(33)35(43)39-23-11-12-24(36)25(37)18-23/h4-13,16-18,20,33,40H,14-15H2,1-3H3,(H,39,43)/t20-,33+/m0/s1. The lowest BCUT2D eigenvalue weighted by molar-refractivity contribution is -0.116. The molecule has 0 saturated heterocycles. The summed E-state index contributed by atoms with van der Waals surface area (Å²) in [4.78, 5) is 30.3. The number of carbonyl (C=O) groups excluding carboxylic acids is 2. The van der Waals surface area contributed by atoms with E-state index >= 15 is 0 Å². The summed E-state index contributed by atoms with van der Waals surface area (Å²) in [5.41, 5.74) is 3.82. The van der Waals surface area contributed by atoms with Crippen LogP contribution in [0.15, 0.2) is 90.1 Å². The number of methoxy groups -OCH3 is 3. The molecule has 0 bridgehead atoms. The number of ether oxygens (including phenoxy) is 3. The highest BCUT2D eigenvalue weighted by Crippen LogP contribution is 2.50. The van der Waals surface area contributed by atoms with Crippen LogP contribution in [0.1, 0.15) is 35.9 Å². The molecule has 0 saturated carbocycles. The Morgan fingerprint density at radius 2 is 1.61 bits per heavy atom. The first kappa shape index (κ1) is 31.3. The van der Waals surface area contributed by atoms with Crippen LogP contribution in [-0.4, -0.2) is 33.1 Å². The van der Waals surface area contributed by atoms with Gasteiger partial charge >= 0.3 is 6.03 Å². The molecule has 46 heavy (non-hydrogen) atoms. The highest BCUT2D eigenvalue weighted by atomic mass is 35.5. The molecular formula is C35H30Cl2FN3O5. The van der Waals surface area contributed by atoms with E-state index in [-0.39, 0.29) is 29.0 Å². The fourth-order valence-corrected chi connectivity index (χ4v) is 6.44. The average molecular weight is 663 g/mol. The monoisotopic (exact) mass is 661 g/mol. The summed E-state index contributed by atoms with van der Waals surface area (Å²) in [6, 6.07) is 20.4. The van der Waals surface area contributed by atoms with Crippen LogP contribution in [0, 0.1) is 5.82 Å². The zero-order valence-corrected chi connectivity index (χ0v) is 26.7. The smallest absolute Gasteiger partial charge is 0.327 e. The number of halogens is 3. The number of anilines is 3. The third-order valence-corrected chi connectivity index (χ3v) is 8.94. The van der Waals surface area contributed by atoms with Crippen molar-refractivity contribution in [3.05, 3.63) is 117 Å². The Bertz CT molecular complexity index is 1860. The van der Waals surface area contributed by atoms with Gasteiger partial charge in [0.05, 0.1) is 48.8 Å². The van der Waals surface area contributed by atoms with E-state index in [2.05, 4.69) is 10.6 Å². The minimum atomic E-state index is -0.941. The number of urea groups is 1. The largest absolute Gasteiger partial charge is 0.493 e. The van der Waals surface area contributed by atoms with Gasteiger partial charge in [-0.05, 0) is 78.1 Å². The van der Waals surface area contributed by atoms with Crippen LogP contribution in [0.25, 0.3) is 0 Å². The number of hydrogen-bond acceptors (Lipinski definition) is 6. The van der Waals surface area contributed by atoms with Crippen LogP contribution in [0.2, 0.25) is 10.0 Å². The van der Waals surface area contributed by atoms with Crippen LogP contribution in [0.4, 0.5) is 26.2 Å². The van der Waals surface area contributed by atoms with Crippen LogP contribution in [-0.2, 0) is 4.79 Å². The van der Waals surface area contributed by atoms with Crippen LogP contribution in [0.5, 0.6) is 17.2 Å². The van der Waals surface area contributed by atoms with E-state index in [0.29, 0.717) is 62.6 Å². The van der Waals surface area contributed by atoms with Gasteiger partial charge in [-0.3, -0.25) is 9.69 Å². The molecular weight excluding hydrogens is 632 g/mol. The molecule has 2 atom stereocenters. The number of carbonyl (C=O) groups is 2. The summed E-state index contributed by atoms with van der Waals surface area (Å²) in [6.07, 6.45) is 0.519. The Labute approximate surface area is 275 Å². The first-order valence-corrected chi connectivity index (χ1v) is 15.2. The van der Waals surface area contributed by atoms with Gasteiger partial charge < -0.3 is 24.8 Å². The molecule has 2 N–H and O–H groups in total. The Hall–Kier alpha value is -4.73.